The van der Waals surface area contributed by atoms with Gasteiger partial charge in [-0.1, -0.05) is 6.92 Å². The van der Waals surface area contributed by atoms with Crippen LogP contribution in [0.3, 0.4) is 0 Å². The van der Waals surface area contributed by atoms with E-state index in [9.17, 15) is 4.79 Å². The second kappa shape index (κ2) is 8.64. The molecule has 6 heteroatoms. The minimum atomic E-state index is -0.594. The average Bonchev–Trinajstić information content (AvgIpc) is 2.71. The Morgan fingerprint density at radius 2 is 1.72 bits per heavy atom. The minimum absolute atomic E-state index is 0.153. The average molecular weight is 399 g/mol. The van der Waals surface area contributed by atoms with Crippen molar-refractivity contribution in [2.24, 2.45) is 0 Å². The molecule has 1 aliphatic rings. The smallest absolute Gasteiger partial charge is 0.261 e. The van der Waals surface area contributed by atoms with Gasteiger partial charge in [-0.2, -0.15) is 0 Å². The van der Waals surface area contributed by atoms with Crippen molar-refractivity contribution < 1.29 is 23.7 Å². The molecule has 156 valence electrons. The SMILES string of the molecule is CC[C@@H](Oc1ccc(OC)cc1)C(=O)N[C@H]1CC(C)(C)Oc2ccc(OC)cc21. The molecule has 0 radical (unpaired) electrons. The molecule has 1 amide bonds. The molecule has 1 heterocycles. The van der Waals surface area contributed by atoms with Crippen LogP contribution in [0.4, 0.5) is 0 Å². The summed E-state index contributed by atoms with van der Waals surface area (Å²) >= 11 is 0. The van der Waals surface area contributed by atoms with E-state index in [-0.39, 0.29) is 11.9 Å². The van der Waals surface area contributed by atoms with Crippen molar-refractivity contribution in [3.05, 3.63) is 48.0 Å². The number of amides is 1. The van der Waals surface area contributed by atoms with Crippen molar-refractivity contribution in [3.63, 3.8) is 0 Å². The first-order chi connectivity index (χ1) is 13.8. The fraction of sp³-hybridized carbons (Fsp3) is 0.435. The lowest BCUT2D eigenvalue weighted by Crippen LogP contribution is -2.45. The zero-order chi connectivity index (χ0) is 21.0. The van der Waals surface area contributed by atoms with E-state index >= 15 is 0 Å². The fourth-order valence-electron chi connectivity index (χ4n) is 3.49. The second-order valence-electron chi connectivity index (χ2n) is 7.72. The summed E-state index contributed by atoms with van der Waals surface area (Å²) in [5.74, 6) is 2.70. The van der Waals surface area contributed by atoms with Gasteiger partial charge in [0, 0.05) is 12.0 Å². The zero-order valence-corrected chi connectivity index (χ0v) is 17.7. The monoisotopic (exact) mass is 399 g/mol. The number of carbonyl (C=O) groups is 1. The van der Waals surface area contributed by atoms with Gasteiger partial charge in [0.05, 0.1) is 20.3 Å². The van der Waals surface area contributed by atoms with Gasteiger partial charge in [-0.3, -0.25) is 4.79 Å². The lowest BCUT2D eigenvalue weighted by molar-refractivity contribution is -0.129. The summed E-state index contributed by atoms with van der Waals surface area (Å²) in [4.78, 5) is 13.0. The molecule has 2 aromatic rings. The number of methoxy groups -OCH3 is 2. The van der Waals surface area contributed by atoms with Crippen LogP contribution in [0.1, 0.15) is 45.2 Å². The predicted octanol–water partition coefficient (Wildman–Crippen LogP) is 4.28. The van der Waals surface area contributed by atoms with Crippen LogP contribution in [0, 0.1) is 0 Å². The summed E-state index contributed by atoms with van der Waals surface area (Å²) in [6, 6.07) is 12.7. The molecule has 0 bridgehead atoms. The Balaban J connectivity index is 1.77. The van der Waals surface area contributed by atoms with E-state index in [1.165, 1.54) is 0 Å². The molecule has 1 N–H and O–H groups in total. The molecule has 0 unspecified atom stereocenters. The maximum absolute atomic E-state index is 13.0. The van der Waals surface area contributed by atoms with E-state index in [0.29, 0.717) is 18.6 Å². The van der Waals surface area contributed by atoms with Gasteiger partial charge < -0.3 is 24.3 Å². The van der Waals surface area contributed by atoms with Crippen LogP contribution in [-0.4, -0.2) is 31.8 Å². The molecular weight excluding hydrogens is 370 g/mol. The molecule has 0 aliphatic carbocycles. The Bertz CT molecular complexity index is 847. The number of ether oxygens (including phenoxy) is 4. The Kier molecular flexibility index (Phi) is 6.20. The summed E-state index contributed by atoms with van der Waals surface area (Å²) in [7, 11) is 3.24. The van der Waals surface area contributed by atoms with Crippen molar-refractivity contribution in [2.45, 2.75) is 51.4 Å². The van der Waals surface area contributed by atoms with Gasteiger partial charge in [0.1, 0.15) is 28.6 Å². The highest BCUT2D eigenvalue weighted by Gasteiger charge is 2.36. The molecule has 0 saturated carbocycles. The molecule has 29 heavy (non-hydrogen) atoms. The summed E-state index contributed by atoms with van der Waals surface area (Å²) in [5.41, 5.74) is 0.522. The molecule has 0 fully saturated rings. The van der Waals surface area contributed by atoms with E-state index in [1.807, 2.05) is 51.1 Å². The van der Waals surface area contributed by atoms with Crippen molar-refractivity contribution >= 4 is 5.91 Å². The fourth-order valence-corrected chi connectivity index (χ4v) is 3.49. The highest BCUT2D eigenvalue weighted by atomic mass is 16.5. The van der Waals surface area contributed by atoms with Crippen LogP contribution >= 0.6 is 0 Å². The molecule has 1 aliphatic heterocycles. The standard InChI is InChI=1S/C23H29NO5/c1-6-20(28-16-9-7-15(26-4)8-10-16)22(25)24-19-14-23(2,3)29-21-12-11-17(27-5)13-18(19)21/h7-13,19-20H,6,14H2,1-5H3,(H,24,25)/t19-,20+/m0/s1. The number of hydrogen-bond acceptors (Lipinski definition) is 5. The minimum Gasteiger partial charge on any atom is -0.497 e. The molecule has 3 rings (SSSR count). The number of rotatable bonds is 7. The molecule has 0 spiro atoms. The van der Waals surface area contributed by atoms with Crippen LogP contribution in [-0.2, 0) is 4.79 Å². The van der Waals surface area contributed by atoms with Crippen molar-refractivity contribution in [2.75, 3.05) is 14.2 Å². The Morgan fingerprint density at radius 3 is 2.34 bits per heavy atom. The first kappa shape index (κ1) is 20.8. The normalized spacial score (nSPS) is 18.0. The number of carbonyl (C=O) groups excluding carboxylic acids is 1. The van der Waals surface area contributed by atoms with Gasteiger partial charge in [-0.15, -0.1) is 0 Å². The maximum Gasteiger partial charge on any atom is 0.261 e. The number of nitrogens with one attached hydrogen (secondary N) is 1. The van der Waals surface area contributed by atoms with E-state index < -0.39 is 11.7 Å². The maximum atomic E-state index is 13.0. The summed E-state index contributed by atoms with van der Waals surface area (Å²) in [5, 5.41) is 3.15. The van der Waals surface area contributed by atoms with Gasteiger partial charge in [-0.05, 0) is 62.7 Å². The summed E-state index contributed by atoms with van der Waals surface area (Å²) in [6.07, 6.45) is 0.608. The van der Waals surface area contributed by atoms with Gasteiger partial charge >= 0.3 is 0 Å². The molecule has 2 atom stereocenters. The first-order valence-corrected chi connectivity index (χ1v) is 9.83. The van der Waals surface area contributed by atoms with Crippen LogP contribution in [0.5, 0.6) is 23.0 Å². The first-order valence-electron chi connectivity index (χ1n) is 9.83. The Morgan fingerprint density at radius 1 is 1.10 bits per heavy atom. The van der Waals surface area contributed by atoms with Gasteiger partial charge in [-0.25, -0.2) is 0 Å². The molecule has 2 aromatic carbocycles. The summed E-state index contributed by atoms with van der Waals surface area (Å²) in [6.45, 7) is 5.97. The Labute approximate surface area is 172 Å². The Hall–Kier alpha value is -2.89. The van der Waals surface area contributed by atoms with E-state index in [0.717, 1.165) is 22.8 Å². The number of fused-ring (bicyclic) bond motifs is 1. The van der Waals surface area contributed by atoms with Crippen LogP contribution in [0.15, 0.2) is 42.5 Å². The molecule has 0 saturated heterocycles. The third-order valence-electron chi connectivity index (χ3n) is 4.99. The molecule has 0 aromatic heterocycles. The van der Waals surface area contributed by atoms with E-state index in [2.05, 4.69) is 5.32 Å². The zero-order valence-electron chi connectivity index (χ0n) is 17.7. The number of benzene rings is 2. The summed E-state index contributed by atoms with van der Waals surface area (Å²) < 4.78 is 22.5. The van der Waals surface area contributed by atoms with Crippen molar-refractivity contribution in [3.8, 4) is 23.0 Å². The lowest BCUT2D eigenvalue weighted by Gasteiger charge is -2.38. The van der Waals surface area contributed by atoms with E-state index in [4.69, 9.17) is 18.9 Å². The number of hydrogen-bond donors (Lipinski definition) is 1. The highest BCUT2D eigenvalue weighted by Crippen LogP contribution is 2.41. The van der Waals surface area contributed by atoms with E-state index in [1.54, 1.807) is 26.4 Å². The lowest BCUT2D eigenvalue weighted by atomic mass is 9.89. The quantitative estimate of drug-likeness (QED) is 0.753. The third-order valence-corrected chi connectivity index (χ3v) is 4.99. The molecule has 6 nitrogen and oxygen atoms in total. The third kappa shape index (κ3) is 4.94. The topological polar surface area (TPSA) is 66.0 Å². The van der Waals surface area contributed by atoms with Crippen LogP contribution in [0.25, 0.3) is 0 Å². The van der Waals surface area contributed by atoms with Crippen LogP contribution in [0.2, 0.25) is 0 Å². The van der Waals surface area contributed by atoms with Gasteiger partial charge in [0.15, 0.2) is 6.10 Å². The predicted molar refractivity (Wildman–Crippen MR) is 111 cm³/mol. The molecular formula is C23H29NO5. The highest BCUT2D eigenvalue weighted by molar-refractivity contribution is 5.81. The van der Waals surface area contributed by atoms with Crippen LogP contribution < -0.4 is 24.3 Å². The second-order valence-corrected chi connectivity index (χ2v) is 7.72. The van der Waals surface area contributed by atoms with Gasteiger partial charge in [0.25, 0.3) is 5.91 Å². The van der Waals surface area contributed by atoms with Crippen molar-refractivity contribution in [1.82, 2.24) is 5.32 Å². The largest absolute Gasteiger partial charge is 0.497 e. The van der Waals surface area contributed by atoms with Gasteiger partial charge in [0.2, 0.25) is 0 Å². The van der Waals surface area contributed by atoms with Crippen molar-refractivity contribution in [1.29, 1.82) is 0 Å².